The van der Waals surface area contributed by atoms with Crippen molar-refractivity contribution in [3.63, 3.8) is 0 Å². The predicted molar refractivity (Wildman–Crippen MR) is 107 cm³/mol. The van der Waals surface area contributed by atoms with E-state index in [0.717, 1.165) is 4.90 Å². The van der Waals surface area contributed by atoms with Crippen LogP contribution in [0.25, 0.3) is 0 Å². The number of imide groups is 1. The molecule has 0 bridgehead atoms. The summed E-state index contributed by atoms with van der Waals surface area (Å²) < 4.78 is 9.76. The lowest BCUT2D eigenvalue weighted by atomic mass is 10.0. The highest BCUT2D eigenvalue weighted by Gasteiger charge is 2.36. The van der Waals surface area contributed by atoms with E-state index in [1.54, 1.807) is 37.4 Å². The van der Waals surface area contributed by atoms with E-state index in [2.05, 4.69) is 5.32 Å². The van der Waals surface area contributed by atoms with Crippen LogP contribution < -0.4 is 5.32 Å². The van der Waals surface area contributed by atoms with Gasteiger partial charge in [0.05, 0.1) is 18.2 Å². The Balaban J connectivity index is 1.81. The van der Waals surface area contributed by atoms with Gasteiger partial charge in [0, 0.05) is 25.8 Å². The second-order valence-electron chi connectivity index (χ2n) is 6.71. The van der Waals surface area contributed by atoms with E-state index in [9.17, 15) is 19.2 Å². The van der Waals surface area contributed by atoms with Crippen molar-refractivity contribution in [3.05, 3.63) is 70.8 Å². The number of nitrogens with one attached hydrogen (secondary N) is 1. The Bertz CT molecular complexity index is 973. The van der Waals surface area contributed by atoms with Gasteiger partial charge in [-0.1, -0.05) is 30.3 Å². The van der Waals surface area contributed by atoms with Gasteiger partial charge in [-0.25, -0.2) is 4.79 Å². The number of ether oxygens (including phenoxy) is 2. The molecule has 2 aromatic rings. The van der Waals surface area contributed by atoms with Crippen molar-refractivity contribution in [2.24, 2.45) is 0 Å². The average Bonchev–Trinajstić information content (AvgIpc) is 3.01. The minimum Gasteiger partial charge on any atom is -0.467 e. The van der Waals surface area contributed by atoms with Crippen molar-refractivity contribution >= 4 is 23.7 Å². The van der Waals surface area contributed by atoms with Gasteiger partial charge < -0.3 is 14.8 Å². The zero-order chi connectivity index (χ0) is 21.7. The summed E-state index contributed by atoms with van der Waals surface area (Å²) in [5, 5.41) is 2.63. The van der Waals surface area contributed by atoms with Gasteiger partial charge in [-0.2, -0.15) is 0 Å². The first-order valence-electron chi connectivity index (χ1n) is 9.40. The number of hydrogen-bond donors (Lipinski definition) is 1. The third-order valence-electron chi connectivity index (χ3n) is 4.81. The summed E-state index contributed by atoms with van der Waals surface area (Å²) in [5.41, 5.74) is 1.15. The molecule has 30 heavy (non-hydrogen) atoms. The Kier molecular flexibility index (Phi) is 6.58. The maximum Gasteiger partial charge on any atom is 0.333 e. The van der Waals surface area contributed by atoms with Crippen LogP contribution in [0.5, 0.6) is 0 Å². The molecule has 0 saturated carbocycles. The number of methoxy groups -OCH3 is 2. The molecule has 1 heterocycles. The maximum atomic E-state index is 12.8. The molecule has 1 N–H and O–H groups in total. The van der Waals surface area contributed by atoms with Crippen LogP contribution in [0.1, 0.15) is 49.1 Å². The Morgan fingerprint density at radius 3 is 2.37 bits per heavy atom. The predicted octanol–water partition coefficient (Wildman–Crippen LogP) is 1.96. The summed E-state index contributed by atoms with van der Waals surface area (Å²) in [7, 11) is 2.78. The van der Waals surface area contributed by atoms with E-state index in [-0.39, 0.29) is 23.2 Å². The maximum absolute atomic E-state index is 12.8. The van der Waals surface area contributed by atoms with Gasteiger partial charge in [-0.15, -0.1) is 0 Å². The highest BCUT2D eigenvalue weighted by atomic mass is 16.5. The summed E-state index contributed by atoms with van der Waals surface area (Å²) in [5.74, 6) is -2.02. The standard InChI is InChI=1S/C22H22N2O6/c1-29-12-6-11-24-20(26)16-10-9-15(13-17(16)21(24)27)19(25)23-18(22(28)30-2)14-7-4-3-5-8-14/h3-5,7-10,13,18H,6,11-12H2,1-2H3,(H,23,25). The van der Waals surface area contributed by atoms with Gasteiger partial charge in [-0.3, -0.25) is 19.3 Å². The summed E-state index contributed by atoms with van der Waals surface area (Å²) >= 11 is 0. The number of benzene rings is 2. The van der Waals surface area contributed by atoms with Crippen molar-refractivity contribution in [2.45, 2.75) is 12.5 Å². The molecule has 1 aliphatic rings. The van der Waals surface area contributed by atoms with Crippen LogP contribution in [-0.4, -0.2) is 56.0 Å². The fourth-order valence-electron chi connectivity index (χ4n) is 3.26. The van der Waals surface area contributed by atoms with Gasteiger partial charge in [0.15, 0.2) is 6.04 Å². The van der Waals surface area contributed by atoms with E-state index in [0.29, 0.717) is 18.6 Å². The van der Waals surface area contributed by atoms with E-state index in [1.165, 1.54) is 25.3 Å². The van der Waals surface area contributed by atoms with Crippen LogP contribution in [0.3, 0.4) is 0 Å². The molecule has 1 aliphatic heterocycles. The number of esters is 1. The van der Waals surface area contributed by atoms with Gasteiger partial charge in [-0.05, 0) is 30.2 Å². The Hall–Kier alpha value is -3.52. The van der Waals surface area contributed by atoms with Crippen molar-refractivity contribution in [1.82, 2.24) is 10.2 Å². The van der Waals surface area contributed by atoms with Crippen LogP contribution in [0.2, 0.25) is 0 Å². The van der Waals surface area contributed by atoms with Gasteiger partial charge in [0.2, 0.25) is 0 Å². The fourth-order valence-corrected chi connectivity index (χ4v) is 3.26. The monoisotopic (exact) mass is 410 g/mol. The third-order valence-corrected chi connectivity index (χ3v) is 4.81. The first-order valence-corrected chi connectivity index (χ1v) is 9.40. The van der Waals surface area contributed by atoms with Crippen LogP contribution in [0.15, 0.2) is 48.5 Å². The second-order valence-corrected chi connectivity index (χ2v) is 6.71. The zero-order valence-electron chi connectivity index (χ0n) is 16.7. The Labute approximate surface area is 173 Å². The molecule has 0 aromatic heterocycles. The molecule has 2 aromatic carbocycles. The third kappa shape index (κ3) is 4.23. The lowest BCUT2D eigenvalue weighted by Gasteiger charge is -2.17. The van der Waals surface area contributed by atoms with E-state index < -0.39 is 29.7 Å². The van der Waals surface area contributed by atoms with Crippen LogP contribution >= 0.6 is 0 Å². The minimum absolute atomic E-state index is 0.165. The number of fused-ring (bicyclic) bond motifs is 1. The van der Waals surface area contributed by atoms with Crippen LogP contribution in [0.4, 0.5) is 0 Å². The Morgan fingerprint density at radius 1 is 1.00 bits per heavy atom. The quantitative estimate of drug-likeness (QED) is 0.406. The topological polar surface area (TPSA) is 102 Å². The normalized spacial score (nSPS) is 13.7. The molecule has 0 spiro atoms. The number of rotatable bonds is 8. The smallest absolute Gasteiger partial charge is 0.333 e. The summed E-state index contributed by atoms with van der Waals surface area (Å²) in [4.78, 5) is 51.2. The number of nitrogens with zero attached hydrogens (tertiary/aromatic N) is 1. The van der Waals surface area contributed by atoms with Gasteiger partial charge >= 0.3 is 5.97 Å². The van der Waals surface area contributed by atoms with E-state index >= 15 is 0 Å². The van der Waals surface area contributed by atoms with E-state index in [1.807, 2.05) is 0 Å². The molecule has 8 nitrogen and oxygen atoms in total. The summed E-state index contributed by atoms with van der Waals surface area (Å²) in [6, 6.07) is 12.0. The number of hydrogen-bond acceptors (Lipinski definition) is 6. The molecule has 3 amide bonds. The van der Waals surface area contributed by atoms with Crippen molar-refractivity contribution in [2.75, 3.05) is 27.4 Å². The lowest BCUT2D eigenvalue weighted by Crippen LogP contribution is -2.34. The zero-order valence-corrected chi connectivity index (χ0v) is 16.7. The molecule has 8 heteroatoms. The van der Waals surface area contributed by atoms with Crippen molar-refractivity contribution in [3.8, 4) is 0 Å². The molecule has 156 valence electrons. The molecule has 3 rings (SSSR count). The fraction of sp³-hybridized carbons (Fsp3) is 0.273. The summed E-state index contributed by atoms with van der Waals surface area (Å²) in [6.07, 6.45) is 0.521. The first-order chi connectivity index (χ1) is 14.5. The lowest BCUT2D eigenvalue weighted by molar-refractivity contribution is -0.143. The first kappa shape index (κ1) is 21.2. The van der Waals surface area contributed by atoms with Crippen molar-refractivity contribution < 1.29 is 28.7 Å². The van der Waals surface area contributed by atoms with E-state index in [4.69, 9.17) is 9.47 Å². The molecule has 1 unspecified atom stereocenters. The average molecular weight is 410 g/mol. The molecule has 0 fully saturated rings. The van der Waals surface area contributed by atoms with Crippen molar-refractivity contribution in [1.29, 1.82) is 0 Å². The second kappa shape index (κ2) is 9.32. The largest absolute Gasteiger partial charge is 0.467 e. The molecule has 1 atom stereocenters. The summed E-state index contributed by atoms with van der Waals surface area (Å²) in [6.45, 7) is 0.662. The highest BCUT2D eigenvalue weighted by Crippen LogP contribution is 2.25. The number of amides is 3. The van der Waals surface area contributed by atoms with Crippen LogP contribution in [-0.2, 0) is 14.3 Å². The number of carbonyl (C=O) groups excluding carboxylic acids is 4. The minimum atomic E-state index is -1.00. The molecular formula is C22H22N2O6. The molecule has 0 radical (unpaired) electrons. The number of carbonyl (C=O) groups is 4. The molecule has 0 aliphatic carbocycles. The van der Waals surface area contributed by atoms with Gasteiger partial charge in [0.25, 0.3) is 17.7 Å². The SMILES string of the molecule is COCCCN1C(=O)c2ccc(C(=O)NC(C(=O)OC)c3ccccc3)cc2C1=O. The molecule has 0 saturated heterocycles. The molecular weight excluding hydrogens is 388 g/mol. The van der Waals surface area contributed by atoms with Gasteiger partial charge in [0.1, 0.15) is 0 Å². The Morgan fingerprint density at radius 2 is 1.70 bits per heavy atom. The highest BCUT2D eigenvalue weighted by molar-refractivity contribution is 6.22. The van der Waals surface area contributed by atoms with Crippen LogP contribution in [0, 0.1) is 0 Å².